The minimum absolute atomic E-state index is 0.166. The van der Waals surface area contributed by atoms with Gasteiger partial charge in [0.05, 0.1) is 0 Å². The summed E-state index contributed by atoms with van der Waals surface area (Å²) < 4.78 is 0. The van der Waals surface area contributed by atoms with E-state index < -0.39 is 0 Å². The van der Waals surface area contributed by atoms with Crippen LogP contribution in [0, 0.1) is 0 Å². The number of carbonyl (C=O) groups is 1. The van der Waals surface area contributed by atoms with E-state index in [0.717, 1.165) is 31.0 Å². The van der Waals surface area contributed by atoms with Crippen molar-refractivity contribution in [3.05, 3.63) is 35.9 Å². The number of thioether (sulfide) groups is 1. The van der Waals surface area contributed by atoms with Crippen LogP contribution in [0.2, 0.25) is 0 Å². The zero-order valence-corrected chi connectivity index (χ0v) is 12.7. The second kappa shape index (κ2) is 9.87. The monoisotopic (exact) mass is 280 g/mol. The lowest BCUT2D eigenvalue weighted by Gasteiger charge is -2.09. The molecule has 0 bridgehead atoms. The van der Waals surface area contributed by atoms with Crippen LogP contribution >= 0.6 is 11.8 Å². The molecule has 0 atom stereocenters. The number of carbonyl (C=O) groups excluding carboxylic acids is 1. The molecular formula is C15H24N2OS. The van der Waals surface area contributed by atoms with E-state index in [1.807, 2.05) is 44.1 Å². The molecular weight excluding hydrogens is 256 g/mol. The molecule has 1 amide bonds. The van der Waals surface area contributed by atoms with Gasteiger partial charge in [0.25, 0.3) is 0 Å². The van der Waals surface area contributed by atoms with Gasteiger partial charge in [0.2, 0.25) is 5.91 Å². The summed E-state index contributed by atoms with van der Waals surface area (Å²) >= 11 is 1.81. The molecule has 4 heteroatoms. The van der Waals surface area contributed by atoms with Crippen LogP contribution in [0.5, 0.6) is 0 Å². The second-order valence-electron chi connectivity index (χ2n) is 4.79. The minimum Gasteiger partial charge on any atom is -0.356 e. The number of nitrogens with zero attached hydrogens (tertiary/aromatic N) is 1. The van der Waals surface area contributed by atoms with E-state index in [-0.39, 0.29) is 5.91 Å². The molecule has 0 heterocycles. The number of amides is 1. The third-order valence-corrected chi connectivity index (χ3v) is 3.72. The maximum Gasteiger partial charge on any atom is 0.220 e. The smallest absolute Gasteiger partial charge is 0.220 e. The van der Waals surface area contributed by atoms with Crippen molar-refractivity contribution in [2.45, 2.75) is 18.6 Å². The molecule has 0 radical (unpaired) electrons. The van der Waals surface area contributed by atoms with Gasteiger partial charge in [-0.05, 0) is 32.6 Å². The van der Waals surface area contributed by atoms with Gasteiger partial charge < -0.3 is 10.2 Å². The van der Waals surface area contributed by atoms with Crippen molar-refractivity contribution in [2.24, 2.45) is 0 Å². The third-order valence-electron chi connectivity index (χ3n) is 2.69. The summed E-state index contributed by atoms with van der Waals surface area (Å²) in [5.41, 5.74) is 1.32. The molecule has 106 valence electrons. The van der Waals surface area contributed by atoms with Crippen molar-refractivity contribution >= 4 is 17.7 Å². The molecule has 1 rings (SSSR count). The highest BCUT2D eigenvalue weighted by atomic mass is 32.2. The highest BCUT2D eigenvalue weighted by Crippen LogP contribution is 2.12. The van der Waals surface area contributed by atoms with Crippen LogP contribution in [0.25, 0.3) is 0 Å². The summed E-state index contributed by atoms with van der Waals surface area (Å²) in [6.07, 6.45) is 1.62. The van der Waals surface area contributed by atoms with Gasteiger partial charge in [-0.25, -0.2) is 0 Å². The second-order valence-corrected chi connectivity index (χ2v) is 5.90. The Kier molecular flexibility index (Phi) is 8.34. The highest BCUT2D eigenvalue weighted by Gasteiger charge is 2.01. The molecule has 0 fully saturated rings. The molecule has 0 unspecified atom stereocenters. The van der Waals surface area contributed by atoms with Crippen molar-refractivity contribution in [2.75, 3.05) is 32.9 Å². The SMILES string of the molecule is CN(C)CCCNC(=O)CCSCc1ccccc1. The van der Waals surface area contributed by atoms with E-state index in [1.165, 1.54) is 5.56 Å². The molecule has 1 N–H and O–H groups in total. The molecule has 3 nitrogen and oxygen atoms in total. The van der Waals surface area contributed by atoms with Gasteiger partial charge in [-0.2, -0.15) is 11.8 Å². The first kappa shape index (κ1) is 16.1. The van der Waals surface area contributed by atoms with Crippen molar-refractivity contribution < 1.29 is 4.79 Å². The number of rotatable bonds is 9. The number of benzene rings is 1. The van der Waals surface area contributed by atoms with E-state index in [1.54, 1.807) is 0 Å². The predicted molar refractivity (Wildman–Crippen MR) is 83.4 cm³/mol. The molecule has 0 aliphatic carbocycles. The van der Waals surface area contributed by atoms with E-state index in [9.17, 15) is 4.79 Å². The molecule has 0 aliphatic heterocycles. The van der Waals surface area contributed by atoms with Crippen LogP contribution < -0.4 is 5.32 Å². The molecule has 19 heavy (non-hydrogen) atoms. The Hall–Kier alpha value is -1.00. The Morgan fingerprint density at radius 1 is 1.26 bits per heavy atom. The summed E-state index contributed by atoms with van der Waals surface area (Å²) in [4.78, 5) is 13.7. The van der Waals surface area contributed by atoms with Crippen molar-refractivity contribution in [3.63, 3.8) is 0 Å². The number of hydrogen-bond acceptors (Lipinski definition) is 3. The summed E-state index contributed by atoms with van der Waals surface area (Å²) in [5.74, 6) is 2.03. The van der Waals surface area contributed by atoms with Crippen molar-refractivity contribution in [1.82, 2.24) is 10.2 Å². The Labute approximate surface area is 120 Å². The standard InChI is InChI=1S/C15H24N2OS/c1-17(2)11-6-10-16-15(18)9-12-19-13-14-7-4-3-5-8-14/h3-5,7-8H,6,9-13H2,1-2H3,(H,16,18). The maximum absolute atomic E-state index is 11.6. The normalized spacial score (nSPS) is 10.7. The molecule has 0 saturated carbocycles. The fourth-order valence-electron chi connectivity index (χ4n) is 1.64. The van der Waals surface area contributed by atoms with Gasteiger partial charge in [-0.3, -0.25) is 4.79 Å². The topological polar surface area (TPSA) is 32.3 Å². The first-order valence-electron chi connectivity index (χ1n) is 6.71. The lowest BCUT2D eigenvalue weighted by Crippen LogP contribution is -2.27. The van der Waals surface area contributed by atoms with Crippen molar-refractivity contribution in [3.8, 4) is 0 Å². The largest absolute Gasteiger partial charge is 0.356 e. The van der Waals surface area contributed by atoms with Gasteiger partial charge in [0.1, 0.15) is 0 Å². The van der Waals surface area contributed by atoms with E-state index in [2.05, 4.69) is 22.3 Å². The van der Waals surface area contributed by atoms with Crippen LogP contribution in [0.4, 0.5) is 0 Å². The first-order chi connectivity index (χ1) is 9.18. The van der Waals surface area contributed by atoms with Crippen molar-refractivity contribution in [1.29, 1.82) is 0 Å². The quantitative estimate of drug-likeness (QED) is 0.705. The van der Waals surface area contributed by atoms with Gasteiger partial charge in [0.15, 0.2) is 0 Å². The Bertz CT molecular complexity index is 354. The van der Waals surface area contributed by atoms with Gasteiger partial charge in [-0.15, -0.1) is 0 Å². The molecule has 1 aromatic rings. The van der Waals surface area contributed by atoms with Gasteiger partial charge >= 0.3 is 0 Å². The fourth-order valence-corrected chi connectivity index (χ4v) is 2.54. The lowest BCUT2D eigenvalue weighted by molar-refractivity contribution is -0.120. The van der Waals surface area contributed by atoms with E-state index >= 15 is 0 Å². The highest BCUT2D eigenvalue weighted by molar-refractivity contribution is 7.98. The molecule has 0 saturated heterocycles. The van der Waals surface area contributed by atoms with Crippen LogP contribution in [-0.2, 0) is 10.5 Å². The Balaban J connectivity index is 1.98. The van der Waals surface area contributed by atoms with Gasteiger partial charge in [0, 0.05) is 24.5 Å². The molecule has 0 aliphatic rings. The number of nitrogens with one attached hydrogen (secondary N) is 1. The third kappa shape index (κ3) is 8.67. The first-order valence-corrected chi connectivity index (χ1v) is 7.87. The molecule has 1 aromatic carbocycles. The van der Waals surface area contributed by atoms with Crippen LogP contribution in [0.1, 0.15) is 18.4 Å². The summed E-state index contributed by atoms with van der Waals surface area (Å²) in [6.45, 7) is 1.80. The molecule has 0 spiro atoms. The van der Waals surface area contributed by atoms with E-state index in [0.29, 0.717) is 6.42 Å². The average Bonchev–Trinajstić information content (AvgIpc) is 2.41. The predicted octanol–water partition coefficient (Wildman–Crippen LogP) is 2.38. The lowest BCUT2D eigenvalue weighted by atomic mass is 10.2. The van der Waals surface area contributed by atoms with Crippen LogP contribution in [-0.4, -0.2) is 43.7 Å². The zero-order valence-electron chi connectivity index (χ0n) is 11.9. The minimum atomic E-state index is 0.166. The van der Waals surface area contributed by atoms with Gasteiger partial charge in [-0.1, -0.05) is 30.3 Å². The average molecular weight is 280 g/mol. The number of hydrogen-bond donors (Lipinski definition) is 1. The Morgan fingerprint density at radius 3 is 2.68 bits per heavy atom. The van der Waals surface area contributed by atoms with E-state index in [4.69, 9.17) is 0 Å². The van der Waals surface area contributed by atoms with Crippen LogP contribution in [0.3, 0.4) is 0 Å². The maximum atomic E-state index is 11.6. The molecule has 0 aromatic heterocycles. The fraction of sp³-hybridized carbons (Fsp3) is 0.533. The zero-order chi connectivity index (χ0) is 13.9. The van der Waals surface area contributed by atoms with Crippen LogP contribution in [0.15, 0.2) is 30.3 Å². The summed E-state index contributed by atoms with van der Waals surface area (Å²) in [5, 5.41) is 2.96. The Morgan fingerprint density at radius 2 is 2.00 bits per heavy atom. The summed E-state index contributed by atoms with van der Waals surface area (Å²) in [6, 6.07) is 10.4. The summed E-state index contributed by atoms with van der Waals surface area (Å²) in [7, 11) is 4.09.